The molecule has 0 atom stereocenters. The Morgan fingerprint density at radius 1 is 1.30 bits per heavy atom. The molecule has 0 saturated carbocycles. The fourth-order valence-corrected chi connectivity index (χ4v) is 1.90. The van der Waals surface area contributed by atoms with Gasteiger partial charge >= 0.3 is 5.97 Å². The summed E-state index contributed by atoms with van der Waals surface area (Å²) in [7, 11) is 0. The van der Waals surface area contributed by atoms with Crippen molar-refractivity contribution < 1.29 is 14.3 Å². The molecule has 1 aromatic heterocycles. The Hall–Kier alpha value is -2.91. The van der Waals surface area contributed by atoms with Gasteiger partial charge in [-0.15, -0.1) is 0 Å². The van der Waals surface area contributed by atoms with Crippen LogP contribution in [0.2, 0.25) is 5.02 Å². The summed E-state index contributed by atoms with van der Waals surface area (Å²) in [6.07, 6.45) is 1.40. The van der Waals surface area contributed by atoms with Gasteiger partial charge in [0.1, 0.15) is 18.8 Å². The third kappa shape index (κ3) is 4.80. The van der Waals surface area contributed by atoms with Crippen molar-refractivity contribution in [3.05, 3.63) is 64.4 Å². The van der Waals surface area contributed by atoms with Crippen molar-refractivity contribution in [3.63, 3.8) is 0 Å². The van der Waals surface area contributed by atoms with Crippen molar-refractivity contribution in [2.45, 2.75) is 6.61 Å². The number of pyridine rings is 1. The molecule has 116 valence electrons. The molecule has 2 rings (SSSR count). The Bertz CT molecular complexity index is 771. The number of amides is 1. The van der Waals surface area contributed by atoms with E-state index in [1.165, 1.54) is 12.3 Å². The fraction of sp³-hybridized carbons (Fsp3) is 0.125. The van der Waals surface area contributed by atoms with E-state index in [1.54, 1.807) is 30.3 Å². The number of nitrogens with one attached hydrogen (secondary N) is 1. The second kappa shape index (κ2) is 7.92. The molecule has 1 heterocycles. The van der Waals surface area contributed by atoms with Crippen LogP contribution in [0, 0.1) is 11.3 Å². The average Bonchev–Trinajstić information content (AvgIpc) is 2.58. The molecule has 1 amide bonds. The number of rotatable bonds is 5. The lowest BCUT2D eigenvalue weighted by atomic mass is 10.1. The summed E-state index contributed by atoms with van der Waals surface area (Å²) in [6.45, 7) is -0.338. The molecule has 23 heavy (non-hydrogen) atoms. The molecule has 6 nitrogen and oxygen atoms in total. The molecule has 0 unspecified atom stereocenters. The number of ether oxygens (including phenoxy) is 1. The SMILES string of the molecule is N#Cc1ccccc1COC(=O)CNC(=O)c1cc(Cl)ccn1. The predicted octanol–water partition coefficient (Wildman–Crippen LogP) is 2.08. The number of nitrogens with zero attached hydrogens (tertiary/aromatic N) is 2. The lowest BCUT2D eigenvalue weighted by Gasteiger charge is -2.07. The van der Waals surface area contributed by atoms with Crippen molar-refractivity contribution >= 4 is 23.5 Å². The zero-order chi connectivity index (χ0) is 16.7. The van der Waals surface area contributed by atoms with Gasteiger partial charge in [0.2, 0.25) is 0 Å². The zero-order valence-electron chi connectivity index (χ0n) is 12.0. The van der Waals surface area contributed by atoms with Gasteiger partial charge in [-0.3, -0.25) is 14.6 Å². The molecule has 0 saturated heterocycles. The molecular weight excluding hydrogens is 318 g/mol. The Kier molecular flexibility index (Phi) is 5.67. The third-order valence-electron chi connectivity index (χ3n) is 2.87. The Labute approximate surface area is 137 Å². The number of benzene rings is 1. The van der Waals surface area contributed by atoms with E-state index in [9.17, 15) is 9.59 Å². The lowest BCUT2D eigenvalue weighted by molar-refractivity contribution is -0.143. The minimum atomic E-state index is -0.617. The Balaban J connectivity index is 1.84. The first kappa shape index (κ1) is 16.5. The third-order valence-corrected chi connectivity index (χ3v) is 3.11. The summed E-state index contributed by atoms with van der Waals surface area (Å²) in [6, 6.07) is 11.7. The van der Waals surface area contributed by atoms with E-state index in [2.05, 4.69) is 10.3 Å². The molecule has 1 aromatic carbocycles. The van der Waals surface area contributed by atoms with Gasteiger partial charge in [0, 0.05) is 16.8 Å². The highest BCUT2D eigenvalue weighted by atomic mass is 35.5. The zero-order valence-corrected chi connectivity index (χ0v) is 12.7. The maximum Gasteiger partial charge on any atom is 0.325 e. The smallest absolute Gasteiger partial charge is 0.325 e. The van der Waals surface area contributed by atoms with E-state index in [4.69, 9.17) is 21.6 Å². The number of carbonyl (C=O) groups excluding carboxylic acids is 2. The first-order valence-corrected chi connectivity index (χ1v) is 7.01. The maximum absolute atomic E-state index is 11.8. The number of hydrogen-bond acceptors (Lipinski definition) is 5. The van der Waals surface area contributed by atoms with Crippen LogP contribution in [0.3, 0.4) is 0 Å². The number of aromatic nitrogens is 1. The van der Waals surface area contributed by atoms with Crippen molar-refractivity contribution in [2.24, 2.45) is 0 Å². The second-order valence-corrected chi connectivity index (χ2v) is 4.91. The fourth-order valence-electron chi connectivity index (χ4n) is 1.74. The molecular formula is C16H12ClN3O3. The van der Waals surface area contributed by atoms with Crippen LogP contribution in [0.15, 0.2) is 42.6 Å². The molecule has 7 heteroatoms. The van der Waals surface area contributed by atoms with Crippen LogP contribution >= 0.6 is 11.6 Å². The summed E-state index contributed by atoms with van der Waals surface area (Å²) in [5, 5.41) is 11.7. The monoisotopic (exact) mass is 329 g/mol. The molecule has 0 fully saturated rings. The van der Waals surface area contributed by atoms with Crippen LogP contribution in [-0.2, 0) is 16.1 Å². The molecule has 2 aromatic rings. The summed E-state index contributed by atoms with van der Waals surface area (Å²) >= 11 is 5.76. The Morgan fingerprint density at radius 2 is 2.09 bits per heavy atom. The van der Waals surface area contributed by atoms with Gasteiger partial charge in [-0.1, -0.05) is 29.8 Å². The van der Waals surface area contributed by atoms with Gasteiger partial charge in [0.25, 0.3) is 5.91 Å². The topological polar surface area (TPSA) is 92.1 Å². The molecule has 0 radical (unpaired) electrons. The van der Waals surface area contributed by atoms with E-state index in [0.717, 1.165) is 0 Å². The number of carbonyl (C=O) groups is 2. The molecule has 0 spiro atoms. The molecule has 0 bridgehead atoms. The van der Waals surface area contributed by atoms with Gasteiger partial charge < -0.3 is 10.1 Å². The lowest BCUT2D eigenvalue weighted by Crippen LogP contribution is -2.31. The van der Waals surface area contributed by atoms with Gasteiger partial charge in [-0.2, -0.15) is 5.26 Å². The van der Waals surface area contributed by atoms with E-state index >= 15 is 0 Å². The van der Waals surface area contributed by atoms with E-state index in [1.807, 2.05) is 6.07 Å². The van der Waals surface area contributed by atoms with Crippen LogP contribution in [0.25, 0.3) is 0 Å². The number of esters is 1. The van der Waals surface area contributed by atoms with Crippen molar-refractivity contribution in [2.75, 3.05) is 6.54 Å². The molecule has 0 aliphatic heterocycles. The molecule has 1 N–H and O–H groups in total. The number of hydrogen-bond donors (Lipinski definition) is 1. The van der Waals surface area contributed by atoms with Crippen LogP contribution in [-0.4, -0.2) is 23.4 Å². The van der Waals surface area contributed by atoms with Gasteiger partial charge in [0.15, 0.2) is 0 Å². The van der Waals surface area contributed by atoms with E-state index in [-0.39, 0.29) is 18.8 Å². The number of halogens is 1. The van der Waals surface area contributed by atoms with Crippen LogP contribution in [0.5, 0.6) is 0 Å². The standard InChI is InChI=1S/C16H12ClN3O3/c17-13-5-6-19-14(7-13)16(22)20-9-15(21)23-10-12-4-2-1-3-11(12)8-18/h1-7H,9-10H2,(H,20,22). The highest BCUT2D eigenvalue weighted by molar-refractivity contribution is 6.30. The van der Waals surface area contributed by atoms with Gasteiger partial charge in [-0.25, -0.2) is 0 Å². The van der Waals surface area contributed by atoms with Gasteiger partial charge in [-0.05, 0) is 18.2 Å². The van der Waals surface area contributed by atoms with Crippen LogP contribution in [0.1, 0.15) is 21.6 Å². The quantitative estimate of drug-likeness (QED) is 0.848. The normalized spacial score (nSPS) is 9.74. The van der Waals surface area contributed by atoms with E-state index in [0.29, 0.717) is 16.1 Å². The summed E-state index contributed by atoms with van der Waals surface area (Å²) in [4.78, 5) is 27.3. The number of nitriles is 1. The largest absolute Gasteiger partial charge is 0.459 e. The van der Waals surface area contributed by atoms with Crippen LogP contribution in [0.4, 0.5) is 0 Å². The maximum atomic E-state index is 11.8. The first-order valence-electron chi connectivity index (χ1n) is 6.63. The van der Waals surface area contributed by atoms with Crippen molar-refractivity contribution in [1.82, 2.24) is 10.3 Å². The Morgan fingerprint density at radius 3 is 2.83 bits per heavy atom. The highest BCUT2D eigenvalue weighted by Crippen LogP contribution is 2.09. The predicted molar refractivity (Wildman–Crippen MR) is 82.5 cm³/mol. The van der Waals surface area contributed by atoms with Crippen molar-refractivity contribution in [3.8, 4) is 6.07 Å². The van der Waals surface area contributed by atoms with Crippen LogP contribution < -0.4 is 5.32 Å². The molecule has 0 aliphatic carbocycles. The summed E-state index contributed by atoms with van der Waals surface area (Å²) in [5.41, 5.74) is 1.15. The molecule has 0 aliphatic rings. The average molecular weight is 330 g/mol. The van der Waals surface area contributed by atoms with Crippen molar-refractivity contribution in [1.29, 1.82) is 5.26 Å². The summed E-state index contributed by atoms with van der Waals surface area (Å²) < 4.78 is 5.03. The minimum Gasteiger partial charge on any atom is -0.459 e. The van der Waals surface area contributed by atoms with E-state index < -0.39 is 11.9 Å². The minimum absolute atomic E-state index is 0.0339. The van der Waals surface area contributed by atoms with Gasteiger partial charge in [0.05, 0.1) is 11.6 Å². The first-order chi connectivity index (χ1) is 11.1. The highest BCUT2D eigenvalue weighted by Gasteiger charge is 2.11. The second-order valence-electron chi connectivity index (χ2n) is 4.47. The summed E-state index contributed by atoms with van der Waals surface area (Å²) in [5.74, 6) is -1.14.